The van der Waals surface area contributed by atoms with E-state index in [1.807, 2.05) is 3.28 Å². The van der Waals surface area contributed by atoms with E-state index in [9.17, 15) is 0 Å². The van der Waals surface area contributed by atoms with Gasteiger partial charge in [0.15, 0.2) is 0 Å². The van der Waals surface area contributed by atoms with Gasteiger partial charge in [0.2, 0.25) is 0 Å². The standard InChI is InChI=1S/C15H13.C13H21.C3H6.2ClH.Zr/c1-10-3-5-14-12(7-10)9-13-8-11(2)4-6-15(13)14;1-5-6-7-11-8-9-12(10-11)13(2,3)4;1-3-2;;;/h3-9H,1-2H3;9-11H,5-7H2,1-4H3;1-2H3;2*1H;/q;;;;;+2/p-2. The molecule has 0 radical (unpaired) electrons. The van der Waals surface area contributed by atoms with Gasteiger partial charge in [-0.2, -0.15) is 0 Å². The van der Waals surface area contributed by atoms with Crippen LogP contribution in [-0.2, 0) is 21.3 Å². The molecule has 0 N–H and O–H groups in total. The fourth-order valence-electron chi connectivity index (χ4n) is 5.59. The third kappa shape index (κ3) is 5.63. The molecule has 0 aliphatic heterocycles. The summed E-state index contributed by atoms with van der Waals surface area (Å²) in [6.07, 6.45) is 9.24. The Morgan fingerprint density at radius 1 is 0.882 bits per heavy atom. The normalized spacial score (nSPS) is 16.4. The Morgan fingerprint density at radius 2 is 1.41 bits per heavy atom. The Morgan fingerprint density at radius 3 is 1.85 bits per heavy atom. The van der Waals surface area contributed by atoms with Crippen LogP contribution < -0.4 is 24.8 Å². The van der Waals surface area contributed by atoms with Crippen LogP contribution in [0.1, 0.15) is 86.7 Å². The van der Waals surface area contributed by atoms with E-state index in [2.05, 4.69) is 104 Å². The molecule has 1 unspecified atom stereocenters. The summed E-state index contributed by atoms with van der Waals surface area (Å²) in [5, 5.41) is 0. The van der Waals surface area contributed by atoms with Crippen LogP contribution in [0.3, 0.4) is 0 Å². The molecule has 4 rings (SSSR count). The van der Waals surface area contributed by atoms with Crippen LogP contribution in [0.15, 0.2) is 57.4 Å². The summed E-state index contributed by atoms with van der Waals surface area (Å²) >= 11 is -2.18. The van der Waals surface area contributed by atoms with Crippen molar-refractivity contribution in [2.75, 3.05) is 0 Å². The number of hydrogen-bond acceptors (Lipinski definition) is 0. The topological polar surface area (TPSA) is 0 Å². The summed E-state index contributed by atoms with van der Waals surface area (Å²) in [5.41, 5.74) is 10.8. The largest absolute Gasteiger partial charge is 1.00 e. The second-order valence-electron chi connectivity index (χ2n) is 11.2. The first-order chi connectivity index (χ1) is 15.1. The monoisotopic (exact) mass is 572 g/mol. The first kappa shape index (κ1) is 29.5. The molecule has 2 aromatic carbocycles. The summed E-state index contributed by atoms with van der Waals surface area (Å²) in [6, 6.07) is 14.4. The van der Waals surface area contributed by atoms with Crippen molar-refractivity contribution >= 4 is 3.21 Å². The number of fused-ring (bicyclic) bond motifs is 3. The van der Waals surface area contributed by atoms with Crippen molar-refractivity contribution in [3.8, 4) is 11.1 Å². The van der Waals surface area contributed by atoms with Gasteiger partial charge in [-0.3, -0.25) is 0 Å². The zero-order valence-corrected chi connectivity index (χ0v) is 26.1. The third-order valence-corrected chi connectivity index (χ3v) is 15.7. The van der Waals surface area contributed by atoms with Crippen LogP contribution in [-0.4, -0.2) is 3.21 Å². The number of allylic oxidation sites excluding steroid dienone is 4. The van der Waals surface area contributed by atoms with Crippen molar-refractivity contribution < 1.29 is 46.1 Å². The molecule has 34 heavy (non-hydrogen) atoms. The number of aryl methyl sites for hydroxylation is 2. The first-order valence-corrected chi connectivity index (χ1v) is 16.3. The molecule has 0 saturated carbocycles. The fraction of sp³-hybridized carbons (Fsp3) is 0.452. The van der Waals surface area contributed by atoms with E-state index < -0.39 is 21.3 Å². The maximum absolute atomic E-state index is 2.67. The van der Waals surface area contributed by atoms with Crippen LogP contribution in [0.4, 0.5) is 0 Å². The Hall–Kier alpha value is -0.747. The van der Waals surface area contributed by atoms with Gasteiger partial charge in [-0.05, 0) is 0 Å². The van der Waals surface area contributed by atoms with Gasteiger partial charge in [0.25, 0.3) is 0 Å². The van der Waals surface area contributed by atoms with E-state index in [0.717, 1.165) is 0 Å². The minimum absolute atomic E-state index is 0. The Bertz CT molecular complexity index is 1090. The quantitative estimate of drug-likeness (QED) is 0.516. The van der Waals surface area contributed by atoms with Gasteiger partial charge in [-0.15, -0.1) is 0 Å². The average Bonchev–Trinajstić information content (AvgIpc) is 3.26. The van der Waals surface area contributed by atoms with Gasteiger partial charge < -0.3 is 24.8 Å². The average molecular weight is 575 g/mol. The minimum Gasteiger partial charge on any atom is -1.00 e. The molecule has 1 atom stereocenters. The van der Waals surface area contributed by atoms with E-state index in [1.165, 1.54) is 41.5 Å². The van der Waals surface area contributed by atoms with Crippen LogP contribution in [0.5, 0.6) is 0 Å². The molecule has 0 spiro atoms. The second-order valence-corrected chi connectivity index (χ2v) is 18.6. The third-order valence-electron chi connectivity index (χ3n) is 7.29. The van der Waals surface area contributed by atoms with Gasteiger partial charge in [0.1, 0.15) is 0 Å². The molecule has 2 aliphatic carbocycles. The number of benzene rings is 2. The SMILES string of the molecule is CCCCC1C=C(C(C)(C)C)C=[C]1[Zr+2](=[C](C)C)[CH]1c2cc(C)ccc2-c2ccc(C)cc21.[Cl-].[Cl-]. The van der Waals surface area contributed by atoms with Crippen LogP contribution in [0, 0.1) is 25.2 Å². The predicted molar refractivity (Wildman–Crippen MR) is 138 cm³/mol. The minimum atomic E-state index is -2.18. The van der Waals surface area contributed by atoms with Gasteiger partial charge >= 0.3 is 205 Å². The molecule has 2 aromatic rings. The van der Waals surface area contributed by atoms with E-state index in [0.29, 0.717) is 9.54 Å². The van der Waals surface area contributed by atoms with E-state index in [4.69, 9.17) is 0 Å². The molecular formula is C31H40Cl2Zr. The Kier molecular flexibility index (Phi) is 10.0. The molecule has 0 aromatic heterocycles. The summed E-state index contributed by atoms with van der Waals surface area (Å²) in [6.45, 7) is 18.9. The second kappa shape index (κ2) is 11.5. The molecule has 0 heterocycles. The smallest absolute Gasteiger partial charge is 1.00 e. The van der Waals surface area contributed by atoms with Gasteiger partial charge in [0.05, 0.1) is 0 Å². The molecular weight excluding hydrogens is 534 g/mol. The summed E-state index contributed by atoms with van der Waals surface area (Å²) in [5.74, 6) is 0.649. The maximum Gasteiger partial charge on any atom is -1.00 e. The molecule has 182 valence electrons. The Labute approximate surface area is 228 Å². The first-order valence-electron chi connectivity index (χ1n) is 12.4. The predicted octanol–water partition coefficient (Wildman–Crippen LogP) is 2.89. The molecule has 0 bridgehead atoms. The Balaban J connectivity index is 0.00000204. The van der Waals surface area contributed by atoms with Crippen LogP contribution in [0.25, 0.3) is 11.1 Å². The fourth-order valence-corrected chi connectivity index (χ4v) is 14.3. The number of hydrogen-bond donors (Lipinski definition) is 0. The zero-order valence-electron chi connectivity index (χ0n) is 22.2. The van der Waals surface area contributed by atoms with Gasteiger partial charge in [0, 0.05) is 0 Å². The number of unbranched alkanes of at least 4 members (excludes halogenated alkanes) is 1. The molecule has 3 heteroatoms. The molecule has 2 aliphatic rings. The summed E-state index contributed by atoms with van der Waals surface area (Å²) in [7, 11) is 0. The van der Waals surface area contributed by atoms with Gasteiger partial charge in [-0.1, -0.05) is 0 Å². The molecule has 0 nitrogen and oxygen atoms in total. The summed E-state index contributed by atoms with van der Waals surface area (Å²) < 4.78 is 4.18. The number of halogens is 2. The van der Waals surface area contributed by atoms with Crippen molar-refractivity contribution in [2.24, 2.45) is 11.3 Å². The van der Waals surface area contributed by atoms with E-state index in [-0.39, 0.29) is 30.2 Å². The van der Waals surface area contributed by atoms with Crippen molar-refractivity contribution in [3.63, 3.8) is 0 Å². The van der Waals surface area contributed by atoms with E-state index >= 15 is 0 Å². The molecule has 0 fully saturated rings. The molecule has 0 amide bonds. The van der Waals surface area contributed by atoms with Crippen molar-refractivity contribution in [1.29, 1.82) is 0 Å². The van der Waals surface area contributed by atoms with Crippen molar-refractivity contribution in [2.45, 2.75) is 78.3 Å². The van der Waals surface area contributed by atoms with Crippen LogP contribution in [0.2, 0.25) is 0 Å². The van der Waals surface area contributed by atoms with Gasteiger partial charge in [-0.25, -0.2) is 0 Å². The zero-order chi connectivity index (χ0) is 23.2. The van der Waals surface area contributed by atoms with Crippen molar-refractivity contribution in [1.82, 2.24) is 0 Å². The maximum atomic E-state index is 2.67. The summed E-state index contributed by atoms with van der Waals surface area (Å²) in [4.78, 5) is 0. The van der Waals surface area contributed by atoms with E-state index in [1.54, 1.807) is 19.9 Å². The van der Waals surface area contributed by atoms with Crippen LogP contribution >= 0.6 is 0 Å². The number of rotatable bonds is 5. The van der Waals surface area contributed by atoms with Crippen molar-refractivity contribution in [3.05, 3.63) is 79.7 Å². The molecule has 0 saturated heterocycles.